The van der Waals surface area contributed by atoms with E-state index >= 15 is 0 Å². The van der Waals surface area contributed by atoms with Gasteiger partial charge in [0.25, 0.3) is 0 Å². The van der Waals surface area contributed by atoms with E-state index < -0.39 is 0 Å². The molecule has 0 aliphatic carbocycles. The summed E-state index contributed by atoms with van der Waals surface area (Å²) in [5, 5.41) is 2.90. The maximum absolute atomic E-state index is 11.8. The summed E-state index contributed by atoms with van der Waals surface area (Å²) in [7, 11) is 0. The van der Waals surface area contributed by atoms with Gasteiger partial charge in [-0.2, -0.15) is 0 Å². The second-order valence-electron chi connectivity index (χ2n) is 5.12. The number of carbonyl (C=O) groups is 1. The Kier molecular flexibility index (Phi) is 2.88. The molecule has 4 heteroatoms. The molecule has 2 rings (SSSR count). The zero-order chi connectivity index (χ0) is 12.5. The number of fused-ring (bicyclic) bond motifs is 1. The molecule has 90 valence electrons. The van der Waals surface area contributed by atoms with E-state index in [1.54, 1.807) is 6.33 Å². The third-order valence-electron chi connectivity index (χ3n) is 2.62. The van der Waals surface area contributed by atoms with Crippen LogP contribution in [0.5, 0.6) is 0 Å². The highest BCUT2D eigenvalue weighted by atomic mass is 16.2. The topological polar surface area (TPSA) is 46.9 Å². The lowest BCUT2D eigenvalue weighted by molar-refractivity contribution is -0.129. The first-order valence-corrected chi connectivity index (χ1v) is 5.66. The molecule has 0 atom stereocenters. The highest BCUT2D eigenvalue weighted by Gasteiger charge is 2.20. The minimum Gasteiger partial charge on any atom is -0.338 e. The summed E-state index contributed by atoms with van der Waals surface area (Å²) in [6.45, 7) is 6.15. The summed E-state index contributed by atoms with van der Waals surface area (Å²) in [6.07, 6.45) is 1.74. The van der Waals surface area contributed by atoms with Crippen molar-refractivity contribution < 1.29 is 4.79 Å². The van der Waals surface area contributed by atoms with E-state index in [-0.39, 0.29) is 11.3 Å². The number of hydrogen-bond donors (Lipinski definition) is 1. The molecule has 0 spiro atoms. The molecule has 0 bridgehead atoms. The van der Waals surface area contributed by atoms with Crippen LogP contribution in [0, 0.1) is 5.41 Å². The maximum Gasteiger partial charge on any atom is 0.226 e. The van der Waals surface area contributed by atoms with Crippen LogP contribution in [0.2, 0.25) is 0 Å². The molecule has 4 nitrogen and oxygen atoms in total. The zero-order valence-electron chi connectivity index (χ0n) is 10.4. The first kappa shape index (κ1) is 11.6. The fraction of sp³-hybridized carbons (Fsp3) is 0.385. The number of rotatable bonds is 2. The van der Waals surface area contributed by atoms with Crippen molar-refractivity contribution in [3.05, 3.63) is 30.6 Å². The van der Waals surface area contributed by atoms with Crippen molar-refractivity contribution in [1.82, 2.24) is 14.9 Å². The van der Waals surface area contributed by atoms with Gasteiger partial charge in [0.1, 0.15) is 0 Å². The number of imidazole rings is 1. The molecule has 0 unspecified atom stereocenters. The Morgan fingerprint density at radius 1 is 1.35 bits per heavy atom. The van der Waals surface area contributed by atoms with Gasteiger partial charge in [0.15, 0.2) is 0 Å². The molecule has 0 aliphatic rings. The van der Waals surface area contributed by atoms with E-state index in [0.717, 1.165) is 11.0 Å². The van der Waals surface area contributed by atoms with Gasteiger partial charge in [-0.3, -0.25) is 4.79 Å². The minimum absolute atomic E-state index is 0.0373. The number of benzene rings is 1. The first-order chi connectivity index (χ1) is 7.98. The lowest BCUT2D eigenvalue weighted by Gasteiger charge is -2.18. The number of aromatic nitrogens is 2. The van der Waals surface area contributed by atoms with Crippen LogP contribution in [-0.2, 0) is 11.5 Å². The Morgan fingerprint density at radius 2 is 2.06 bits per heavy atom. The molecule has 1 aromatic heterocycles. The molecule has 0 radical (unpaired) electrons. The molecule has 1 heterocycles. The van der Waals surface area contributed by atoms with Crippen LogP contribution >= 0.6 is 0 Å². The zero-order valence-corrected chi connectivity index (χ0v) is 10.4. The predicted molar refractivity (Wildman–Crippen MR) is 67.3 cm³/mol. The molecular weight excluding hydrogens is 214 g/mol. The van der Waals surface area contributed by atoms with Gasteiger partial charge < -0.3 is 9.88 Å². The monoisotopic (exact) mass is 231 g/mol. The van der Waals surface area contributed by atoms with Crippen LogP contribution in [0.15, 0.2) is 30.6 Å². The van der Waals surface area contributed by atoms with Crippen LogP contribution < -0.4 is 5.32 Å². The third kappa shape index (κ3) is 2.46. The van der Waals surface area contributed by atoms with Gasteiger partial charge in [-0.25, -0.2) is 4.98 Å². The molecule has 17 heavy (non-hydrogen) atoms. The summed E-state index contributed by atoms with van der Waals surface area (Å²) in [5.74, 6) is 0.0373. The van der Waals surface area contributed by atoms with Crippen LogP contribution in [0.1, 0.15) is 20.8 Å². The quantitative estimate of drug-likeness (QED) is 0.861. The Bertz CT molecular complexity index is 537. The van der Waals surface area contributed by atoms with Gasteiger partial charge in [0.05, 0.1) is 24.0 Å². The number of para-hydroxylation sites is 2. The van der Waals surface area contributed by atoms with Crippen molar-refractivity contribution in [2.75, 3.05) is 0 Å². The molecule has 1 N–H and O–H groups in total. The van der Waals surface area contributed by atoms with Crippen molar-refractivity contribution in [3.63, 3.8) is 0 Å². The Hall–Kier alpha value is -1.84. The van der Waals surface area contributed by atoms with E-state index in [2.05, 4.69) is 10.3 Å². The molecule has 0 fully saturated rings. The fourth-order valence-electron chi connectivity index (χ4n) is 1.56. The smallest absolute Gasteiger partial charge is 0.226 e. The molecule has 1 amide bonds. The van der Waals surface area contributed by atoms with Gasteiger partial charge in [-0.1, -0.05) is 32.9 Å². The highest BCUT2D eigenvalue weighted by Crippen LogP contribution is 2.14. The van der Waals surface area contributed by atoms with Gasteiger partial charge >= 0.3 is 0 Å². The van der Waals surface area contributed by atoms with E-state index in [1.807, 2.05) is 49.6 Å². The standard InChI is InChI=1S/C13H17N3O/c1-13(2,3)12(17)15-9-16-8-14-10-6-4-5-7-11(10)16/h4-8H,9H2,1-3H3,(H,15,17). The molecule has 2 aromatic rings. The molecular formula is C13H17N3O. The summed E-state index contributed by atoms with van der Waals surface area (Å²) in [4.78, 5) is 16.0. The second-order valence-corrected chi connectivity index (χ2v) is 5.12. The lowest BCUT2D eigenvalue weighted by atomic mass is 9.96. The van der Waals surface area contributed by atoms with E-state index in [0.29, 0.717) is 6.67 Å². The summed E-state index contributed by atoms with van der Waals surface area (Å²) >= 11 is 0. The maximum atomic E-state index is 11.8. The lowest BCUT2D eigenvalue weighted by Crippen LogP contribution is -2.35. The molecule has 0 saturated carbocycles. The molecule has 1 aromatic carbocycles. The molecule has 0 aliphatic heterocycles. The van der Waals surface area contributed by atoms with Crippen LogP contribution in [0.4, 0.5) is 0 Å². The third-order valence-corrected chi connectivity index (χ3v) is 2.62. The van der Waals surface area contributed by atoms with Gasteiger partial charge in [0.2, 0.25) is 5.91 Å². The van der Waals surface area contributed by atoms with E-state index in [9.17, 15) is 4.79 Å². The summed E-state index contributed by atoms with van der Waals surface area (Å²) in [6, 6.07) is 7.86. The Morgan fingerprint density at radius 3 is 2.76 bits per heavy atom. The highest BCUT2D eigenvalue weighted by molar-refractivity contribution is 5.81. The molecule has 0 saturated heterocycles. The second kappa shape index (κ2) is 4.20. The number of nitrogens with one attached hydrogen (secondary N) is 1. The predicted octanol–water partition coefficient (Wildman–Crippen LogP) is 2.16. The number of carbonyl (C=O) groups excluding carboxylic acids is 1. The summed E-state index contributed by atoms with van der Waals surface area (Å²) < 4.78 is 1.93. The fourth-order valence-corrected chi connectivity index (χ4v) is 1.56. The normalized spacial score (nSPS) is 11.7. The Balaban J connectivity index is 2.12. The van der Waals surface area contributed by atoms with Crippen molar-refractivity contribution >= 4 is 16.9 Å². The minimum atomic E-state index is -0.365. The number of hydrogen-bond acceptors (Lipinski definition) is 2. The van der Waals surface area contributed by atoms with Gasteiger partial charge in [-0.15, -0.1) is 0 Å². The largest absolute Gasteiger partial charge is 0.338 e. The van der Waals surface area contributed by atoms with E-state index in [1.165, 1.54) is 0 Å². The van der Waals surface area contributed by atoms with Crippen molar-refractivity contribution in [2.45, 2.75) is 27.4 Å². The van der Waals surface area contributed by atoms with Crippen LogP contribution in [0.3, 0.4) is 0 Å². The average molecular weight is 231 g/mol. The van der Waals surface area contributed by atoms with Gasteiger partial charge in [-0.05, 0) is 12.1 Å². The number of amides is 1. The van der Waals surface area contributed by atoms with Gasteiger partial charge in [0, 0.05) is 5.41 Å². The first-order valence-electron chi connectivity index (χ1n) is 5.66. The number of nitrogens with zero attached hydrogens (tertiary/aromatic N) is 2. The van der Waals surface area contributed by atoms with E-state index in [4.69, 9.17) is 0 Å². The van der Waals surface area contributed by atoms with Crippen molar-refractivity contribution in [2.24, 2.45) is 5.41 Å². The van der Waals surface area contributed by atoms with Crippen LogP contribution in [0.25, 0.3) is 11.0 Å². The SMILES string of the molecule is CC(C)(C)C(=O)NCn1cnc2ccccc21. The van der Waals surface area contributed by atoms with Crippen molar-refractivity contribution in [1.29, 1.82) is 0 Å². The van der Waals surface area contributed by atoms with Crippen molar-refractivity contribution in [3.8, 4) is 0 Å². The average Bonchev–Trinajstić information content (AvgIpc) is 2.68. The summed E-state index contributed by atoms with van der Waals surface area (Å²) in [5.41, 5.74) is 1.61. The Labute approximate surface area is 101 Å². The van der Waals surface area contributed by atoms with Crippen LogP contribution in [-0.4, -0.2) is 15.5 Å².